The van der Waals surface area contributed by atoms with Crippen molar-refractivity contribution >= 4 is 22.1 Å². The van der Waals surface area contributed by atoms with Crippen LogP contribution in [0.1, 0.15) is 0 Å². The van der Waals surface area contributed by atoms with Gasteiger partial charge >= 0.3 is 0 Å². The second-order valence-corrected chi connectivity index (χ2v) is 2.65. The maximum atomic E-state index is 5.48. The Morgan fingerprint density at radius 3 is 3.33 bits per heavy atom. The molecule has 0 atom stereocenters. The first-order chi connectivity index (χ1) is 4.38. The minimum atomic E-state index is 0.561. The summed E-state index contributed by atoms with van der Waals surface area (Å²) in [5, 5.41) is 1.98. The maximum Gasteiger partial charge on any atom is 0.205 e. The number of imidazole rings is 1. The van der Waals surface area contributed by atoms with Gasteiger partial charge in [0, 0.05) is 11.6 Å². The van der Waals surface area contributed by atoms with E-state index >= 15 is 0 Å². The number of rotatable bonds is 0. The summed E-state index contributed by atoms with van der Waals surface area (Å²) in [7, 11) is 0. The molecule has 0 unspecified atom stereocenters. The summed E-state index contributed by atoms with van der Waals surface area (Å²) in [6.07, 6.45) is 3.67. The van der Waals surface area contributed by atoms with Crippen molar-refractivity contribution in [1.29, 1.82) is 0 Å². The molecule has 0 aliphatic rings. The zero-order valence-corrected chi connectivity index (χ0v) is 5.43. The van der Waals surface area contributed by atoms with E-state index in [1.165, 1.54) is 0 Å². The molecule has 2 aromatic rings. The normalized spacial score (nSPS) is 10.7. The number of nitrogen functional groups attached to an aromatic ring is 1. The summed E-state index contributed by atoms with van der Waals surface area (Å²) in [4.78, 5) is 5.00. The second-order valence-electron chi connectivity index (χ2n) is 1.73. The molecule has 9 heavy (non-hydrogen) atoms. The Hall–Kier alpha value is -1.03. The van der Waals surface area contributed by atoms with Gasteiger partial charge in [0.25, 0.3) is 0 Å². The zero-order chi connectivity index (χ0) is 6.27. The number of aromatic nitrogens is 2. The molecular weight excluding hydrogens is 134 g/mol. The molecule has 0 saturated heterocycles. The first kappa shape index (κ1) is 4.81. The topological polar surface area (TPSA) is 43.3 Å². The minimum Gasteiger partial charge on any atom is -0.369 e. The lowest BCUT2D eigenvalue weighted by Crippen LogP contribution is -1.89. The summed E-state index contributed by atoms with van der Waals surface area (Å²) in [6.45, 7) is 0. The van der Waals surface area contributed by atoms with Gasteiger partial charge in [-0.3, -0.25) is 4.40 Å². The van der Waals surface area contributed by atoms with E-state index in [0.29, 0.717) is 5.95 Å². The number of nitrogens with zero attached hydrogens (tertiary/aromatic N) is 2. The quantitative estimate of drug-likeness (QED) is 0.591. The van der Waals surface area contributed by atoms with E-state index in [9.17, 15) is 0 Å². The Balaban J connectivity index is 2.99. The van der Waals surface area contributed by atoms with E-state index in [0.717, 1.165) is 4.83 Å². The Morgan fingerprint density at radius 1 is 1.67 bits per heavy atom. The van der Waals surface area contributed by atoms with Crippen molar-refractivity contribution in [1.82, 2.24) is 9.38 Å². The van der Waals surface area contributed by atoms with E-state index in [1.54, 1.807) is 17.5 Å². The Morgan fingerprint density at radius 2 is 2.56 bits per heavy atom. The lowest BCUT2D eigenvalue weighted by atomic mass is 10.9. The van der Waals surface area contributed by atoms with Gasteiger partial charge in [-0.1, -0.05) is 0 Å². The van der Waals surface area contributed by atoms with Crippen LogP contribution in [0.5, 0.6) is 0 Å². The SMILES string of the molecule is Nc1ncc2sccn12. The van der Waals surface area contributed by atoms with Crippen LogP contribution in [-0.4, -0.2) is 9.38 Å². The molecule has 0 aromatic carbocycles. The number of hydrogen-bond acceptors (Lipinski definition) is 3. The van der Waals surface area contributed by atoms with Gasteiger partial charge in [-0.25, -0.2) is 4.98 Å². The Labute approximate surface area is 55.7 Å². The molecule has 46 valence electrons. The number of thiazole rings is 1. The van der Waals surface area contributed by atoms with Crippen molar-refractivity contribution in [2.45, 2.75) is 0 Å². The lowest BCUT2D eigenvalue weighted by molar-refractivity contribution is 1.20. The molecule has 0 aliphatic heterocycles. The molecule has 0 radical (unpaired) electrons. The van der Waals surface area contributed by atoms with Crippen molar-refractivity contribution in [3.05, 3.63) is 17.8 Å². The maximum absolute atomic E-state index is 5.48. The average Bonchev–Trinajstić information content (AvgIpc) is 2.35. The fraction of sp³-hybridized carbons (Fsp3) is 0. The average molecular weight is 139 g/mol. The first-order valence-corrected chi connectivity index (χ1v) is 3.42. The van der Waals surface area contributed by atoms with Crippen LogP contribution < -0.4 is 5.73 Å². The molecule has 0 spiro atoms. The largest absolute Gasteiger partial charge is 0.369 e. The Kier molecular flexibility index (Phi) is 0.790. The van der Waals surface area contributed by atoms with Gasteiger partial charge in [0.05, 0.1) is 6.20 Å². The van der Waals surface area contributed by atoms with E-state index in [-0.39, 0.29) is 0 Å². The predicted octanol–water partition coefficient (Wildman–Crippen LogP) is 0.978. The van der Waals surface area contributed by atoms with E-state index in [2.05, 4.69) is 4.98 Å². The molecule has 0 amide bonds. The van der Waals surface area contributed by atoms with E-state index in [1.807, 2.05) is 16.0 Å². The minimum absolute atomic E-state index is 0.561. The van der Waals surface area contributed by atoms with Crippen LogP contribution in [0.2, 0.25) is 0 Å². The van der Waals surface area contributed by atoms with E-state index < -0.39 is 0 Å². The fourth-order valence-corrected chi connectivity index (χ4v) is 1.46. The van der Waals surface area contributed by atoms with Crippen molar-refractivity contribution in [2.24, 2.45) is 0 Å². The summed E-state index contributed by atoms with van der Waals surface area (Å²) >= 11 is 1.63. The van der Waals surface area contributed by atoms with Crippen molar-refractivity contribution in [3.63, 3.8) is 0 Å². The van der Waals surface area contributed by atoms with Gasteiger partial charge in [-0.05, 0) is 0 Å². The summed E-state index contributed by atoms with van der Waals surface area (Å²) < 4.78 is 1.85. The first-order valence-electron chi connectivity index (χ1n) is 2.54. The number of hydrogen-bond donors (Lipinski definition) is 1. The zero-order valence-electron chi connectivity index (χ0n) is 4.61. The van der Waals surface area contributed by atoms with Crippen molar-refractivity contribution in [3.8, 4) is 0 Å². The van der Waals surface area contributed by atoms with Crippen LogP contribution in [0.25, 0.3) is 4.83 Å². The third-order valence-corrected chi connectivity index (χ3v) is 1.99. The molecule has 0 bridgehead atoms. The number of fused-ring (bicyclic) bond motifs is 1. The fourth-order valence-electron chi connectivity index (χ4n) is 0.757. The standard InChI is InChI=1S/C5H5N3S/c6-5-7-3-4-8(5)1-2-9-4/h1-3H,(H2,6,7). The van der Waals surface area contributed by atoms with Crippen LogP contribution in [0.15, 0.2) is 17.8 Å². The highest BCUT2D eigenvalue weighted by molar-refractivity contribution is 7.15. The van der Waals surface area contributed by atoms with Gasteiger partial charge in [0.1, 0.15) is 4.83 Å². The van der Waals surface area contributed by atoms with Gasteiger partial charge in [0.2, 0.25) is 5.95 Å². The molecule has 0 fully saturated rings. The van der Waals surface area contributed by atoms with Gasteiger partial charge < -0.3 is 5.73 Å². The summed E-state index contributed by atoms with van der Waals surface area (Å²) in [5.74, 6) is 0.561. The molecular formula is C5H5N3S. The van der Waals surface area contributed by atoms with Gasteiger partial charge in [0.15, 0.2) is 0 Å². The third-order valence-electron chi connectivity index (χ3n) is 1.19. The molecule has 2 N–H and O–H groups in total. The second kappa shape index (κ2) is 1.48. The molecule has 2 aromatic heterocycles. The molecule has 0 aliphatic carbocycles. The lowest BCUT2D eigenvalue weighted by Gasteiger charge is -1.82. The van der Waals surface area contributed by atoms with Crippen LogP contribution in [0.3, 0.4) is 0 Å². The monoisotopic (exact) mass is 139 g/mol. The molecule has 2 rings (SSSR count). The molecule has 4 heteroatoms. The van der Waals surface area contributed by atoms with Crippen LogP contribution in [0, 0.1) is 0 Å². The van der Waals surface area contributed by atoms with E-state index in [4.69, 9.17) is 5.73 Å². The van der Waals surface area contributed by atoms with Gasteiger partial charge in [-0.15, -0.1) is 11.3 Å². The number of nitrogens with two attached hydrogens (primary N) is 1. The Bertz CT molecular complexity index is 321. The highest BCUT2D eigenvalue weighted by Gasteiger charge is 1.96. The number of anilines is 1. The molecule has 0 saturated carbocycles. The summed E-state index contributed by atoms with van der Waals surface area (Å²) in [5.41, 5.74) is 5.48. The molecule has 2 heterocycles. The smallest absolute Gasteiger partial charge is 0.205 e. The predicted molar refractivity (Wildman–Crippen MR) is 37.5 cm³/mol. The summed E-state index contributed by atoms with van der Waals surface area (Å²) in [6, 6.07) is 0. The van der Waals surface area contributed by atoms with Crippen LogP contribution in [-0.2, 0) is 0 Å². The highest BCUT2D eigenvalue weighted by atomic mass is 32.1. The van der Waals surface area contributed by atoms with Crippen LogP contribution >= 0.6 is 11.3 Å². The van der Waals surface area contributed by atoms with Gasteiger partial charge in [-0.2, -0.15) is 0 Å². The third kappa shape index (κ3) is 0.533. The van der Waals surface area contributed by atoms with Crippen LogP contribution in [0.4, 0.5) is 5.95 Å². The molecule has 3 nitrogen and oxygen atoms in total. The van der Waals surface area contributed by atoms with Crippen molar-refractivity contribution < 1.29 is 0 Å². The highest BCUT2D eigenvalue weighted by Crippen LogP contribution is 2.13. The van der Waals surface area contributed by atoms with Crippen molar-refractivity contribution in [2.75, 3.05) is 5.73 Å².